The largest absolute Gasteiger partial charge is 0.497 e. The molecule has 1 amide bonds. The highest BCUT2D eigenvalue weighted by Crippen LogP contribution is 2.34. The normalized spacial score (nSPS) is 15.4. The second kappa shape index (κ2) is 9.51. The monoisotopic (exact) mass is 389 g/mol. The first-order valence-electron chi connectivity index (χ1n) is 10.1. The van der Waals surface area contributed by atoms with Crippen LogP contribution in [0.3, 0.4) is 0 Å². The molecule has 1 aliphatic rings. The Morgan fingerprint density at radius 3 is 2.59 bits per heavy atom. The molecule has 5 nitrogen and oxygen atoms in total. The molecule has 0 saturated heterocycles. The van der Waals surface area contributed by atoms with Gasteiger partial charge in [0.05, 0.1) is 17.3 Å². The first-order chi connectivity index (χ1) is 13.2. The van der Waals surface area contributed by atoms with Crippen molar-refractivity contribution >= 4 is 32.6 Å². The molecule has 0 spiro atoms. The first kappa shape index (κ1) is 20.1. The summed E-state index contributed by atoms with van der Waals surface area (Å²) in [5.41, 5.74) is 0.931. The van der Waals surface area contributed by atoms with Crippen LogP contribution >= 0.6 is 11.3 Å². The number of carbonyl (C=O) groups excluding carboxylic acids is 1. The third-order valence-corrected chi connectivity index (χ3v) is 6.61. The average molecular weight is 390 g/mol. The Morgan fingerprint density at radius 1 is 1.19 bits per heavy atom. The number of aromatic nitrogens is 1. The van der Waals surface area contributed by atoms with Crippen LogP contribution < -0.4 is 9.64 Å². The van der Waals surface area contributed by atoms with E-state index in [1.54, 1.807) is 18.4 Å². The number of methoxy groups -OCH3 is 1. The summed E-state index contributed by atoms with van der Waals surface area (Å²) in [6, 6.07) is 5.90. The van der Waals surface area contributed by atoms with E-state index in [1.165, 1.54) is 6.42 Å². The van der Waals surface area contributed by atoms with E-state index in [1.807, 2.05) is 23.1 Å². The van der Waals surface area contributed by atoms with Crippen LogP contribution in [0, 0.1) is 5.92 Å². The van der Waals surface area contributed by atoms with Gasteiger partial charge in [0.15, 0.2) is 5.13 Å². The van der Waals surface area contributed by atoms with Gasteiger partial charge in [-0.05, 0) is 44.1 Å². The summed E-state index contributed by atoms with van der Waals surface area (Å²) >= 11 is 1.59. The number of nitrogens with zero attached hydrogens (tertiary/aromatic N) is 3. The number of rotatable bonds is 8. The molecule has 1 saturated carbocycles. The van der Waals surface area contributed by atoms with Gasteiger partial charge in [0, 0.05) is 19.0 Å². The van der Waals surface area contributed by atoms with E-state index in [2.05, 4.69) is 18.7 Å². The van der Waals surface area contributed by atoms with E-state index in [0.717, 1.165) is 66.4 Å². The number of ether oxygens (including phenoxy) is 1. The molecule has 1 aromatic heterocycles. The second-order valence-corrected chi connectivity index (χ2v) is 8.19. The summed E-state index contributed by atoms with van der Waals surface area (Å²) in [4.78, 5) is 22.4. The molecule has 1 aromatic carbocycles. The van der Waals surface area contributed by atoms with Crippen molar-refractivity contribution in [3.8, 4) is 5.75 Å². The lowest BCUT2D eigenvalue weighted by Crippen LogP contribution is -2.42. The molecule has 148 valence electrons. The molecular weight excluding hydrogens is 358 g/mol. The van der Waals surface area contributed by atoms with Crippen LogP contribution in [0.4, 0.5) is 5.13 Å². The van der Waals surface area contributed by atoms with Gasteiger partial charge in [0.2, 0.25) is 5.91 Å². The molecule has 2 aromatic rings. The molecule has 0 bridgehead atoms. The lowest BCUT2D eigenvalue weighted by Gasteiger charge is -2.29. The molecular formula is C21H31N3O2S. The minimum atomic E-state index is 0.150. The number of benzene rings is 1. The molecule has 1 heterocycles. The van der Waals surface area contributed by atoms with Gasteiger partial charge in [-0.2, -0.15) is 0 Å². The van der Waals surface area contributed by atoms with E-state index in [9.17, 15) is 4.79 Å². The molecule has 6 heteroatoms. The van der Waals surface area contributed by atoms with Crippen molar-refractivity contribution in [2.24, 2.45) is 5.92 Å². The van der Waals surface area contributed by atoms with Gasteiger partial charge in [0.25, 0.3) is 0 Å². The van der Waals surface area contributed by atoms with Crippen LogP contribution in [0.2, 0.25) is 0 Å². The lowest BCUT2D eigenvalue weighted by atomic mass is 9.88. The summed E-state index contributed by atoms with van der Waals surface area (Å²) in [5, 5.41) is 0.820. The predicted octanol–water partition coefficient (Wildman–Crippen LogP) is 4.56. The fraction of sp³-hybridized carbons (Fsp3) is 0.619. The molecule has 3 rings (SSSR count). The quantitative estimate of drug-likeness (QED) is 0.664. The molecule has 0 unspecified atom stereocenters. The summed E-state index contributed by atoms with van der Waals surface area (Å²) in [7, 11) is 1.67. The van der Waals surface area contributed by atoms with Crippen LogP contribution in [0.25, 0.3) is 10.2 Å². The van der Waals surface area contributed by atoms with Crippen molar-refractivity contribution in [3.05, 3.63) is 18.2 Å². The molecule has 0 atom stereocenters. The van der Waals surface area contributed by atoms with Gasteiger partial charge >= 0.3 is 0 Å². The van der Waals surface area contributed by atoms with Crippen molar-refractivity contribution in [1.29, 1.82) is 0 Å². The highest BCUT2D eigenvalue weighted by atomic mass is 32.1. The first-order valence-corrected chi connectivity index (χ1v) is 11.0. The third kappa shape index (κ3) is 4.79. The summed E-state index contributed by atoms with van der Waals surface area (Å²) in [6.07, 6.45) is 5.61. The molecule has 27 heavy (non-hydrogen) atoms. The van der Waals surface area contributed by atoms with Crippen LogP contribution in [-0.4, -0.2) is 49.1 Å². The molecule has 0 N–H and O–H groups in total. The minimum absolute atomic E-state index is 0.150. The fourth-order valence-electron chi connectivity index (χ4n) is 3.79. The van der Waals surface area contributed by atoms with Gasteiger partial charge in [0.1, 0.15) is 5.75 Å². The van der Waals surface area contributed by atoms with Crippen molar-refractivity contribution < 1.29 is 9.53 Å². The molecule has 1 aliphatic carbocycles. The third-order valence-electron chi connectivity index (χ3n) is 5.57. The molecule has 0 radical (unpaired) electrons. The number of fused-ring (bicyclic) bond motifs is 1. The van der Waals surface area contributed by atoms with Crippen molar-refractivity contribution in [2.45, 2.75) is 46.0 Å². The van der Waals surface area contributed by atoms with Crippen molar-refractivity contribution in [1.82, 2.24) is 9.88 Å². The number of thiazole rings is 1. The second-order valence-electron chi connectivity index (χ2n) is 7.18. The van der Waals surface area contributed by atoms with Crippen LogP contribution in [0.5, 0.6) is 5.75 Å². The number of likely N-dealkylation sites (N-methyl/N-ethyl adjacent to an activating group) is 1. The summed E-state index contributed by atoms with van der Waals surface area (Å²) < 4.78 is 6.40. The summed E-state index contributed by atoms with van der Waals surface area (Å²) in [5.74, 6) is 1.23. The smallest absolute Gasteiger partial charge is 0.231 e. The lowest BCUT2D eigenvalue weighted by molar-refractivity contribution is -0.123. The fourth-order valence-corrected chi connectivity index (χ4v) is 4.81. The van der Waals surface area contributed by atoms with Crippen molar-refractivity contribution in [3.63, 3.8) is 0 Å². The zero-order valence-corrected chi connectivity index (χ0v) is 17.6. The van der Waals surface area contributed by atoms with Crippen LogP contribution in [0.15, 0.2) is 18.2 Å². The van der Waals surface area contributed by atoms with Gasteiger partial charge < -0.3 is 9.64 Å². The highest BCUT2D eigenvalue weighted by molar-refractivity contribution is 7.22. The van der Waals surface area contributed by atoms with E-state index < -0.39 is 0 Å². The number of hydrogen-bond acceptors (Lipinski definition) is 5. The average Bonchev–Trinajstić information content (AvgIpc) is 3.14. The van der Waals surface area contributed by atoms with Gasteiger partial charge in [-0.1, -0.05) is 44.4 Å². The van der Waals surface area contributed by atoms with E-state index >= 15 is 0 Å². The number of anilines is 1. The Hall–Kier alpha value is -1.66. The Kier molecular flexibility index (Phi) is 7.07. The predicted molar refractivity (Wildman–Crippen MR) is 113 cm³/mol. The zero-order chi connectivity index (χ0) is 19.2. The number of carbonyl (C=O) groups is 1. The molecule has 1 fully saturated rings. The minimum Gasteiger partial charge on any atom is -0.497 e. The Labute approximate surface area is 166 Å². The number of hydrogen-bond donors (Lipinski definition) is 0. The maximum atomic E-state index is 13.3. The maximum Gasteiger partial charge on any atom is 0.231 e. The number of amides is 1. The Bertz CT molecular complexity index is 751. The van der Waals surface area contributed by atoms with Gasteiger partial charge in [-0.15, -0.1) is 0 Å². The van der Waals surface area contributed by atoms with E-state index in [4.69, 9.17) is 9.72 Å². The summed E-state index contributed by atoms with van der Waals surface area (Å²) in [6.45, 7) is 7.91. The Morgan fingerprint density at radius 2 is 1.93 bits per heavy atom. The zero-order valence-electron chi connectivity index (χ0n) is 16.7. The topological polar surface area (TPSA) is 45.7 Å². The maximum absolute atomic E-state index is 13.3. The van der Waals surface area contributed by atoms with Gasteiger partial charge in [-0.3, -0.25) is 9.69 Å². The van der Waals surface area contributed by atoms with Crippen LogP contribution in [-0.2, 0) is 4.79 Å². The van der Waals surface area contributed by atoms with Crippen LogP contribution in [0.1, 0.15) is 46.0 Å². The standard InChI is InChI=1S/C21H31N3O2S/c1-4-23(5-2)13-14-24(20(25)16-9-7-6-8-10-16)21-22-18-12-11-17(26-3)15-19(18)27-21/h11-12,15-16H,4-10,13-14H2,1-3H3. The van der Waals surface area contributed by atoms with Gasteiger partial charge in [-0.25, -0.2) is 4.98 Å². The van der Waals surface area contributed by atoms with Crippen molar-refractivity contribution in [2.75, 3.05) is 38.2 Å². The SMILES string of the molecule is CCN(CC)CCN(C(=O)C1CCCCC1)c1nc2ccc(OC)cc2s1. The molecule has 0 aliphatic heterocycles. The Balaban J connectivity index is 1.86. The van der Waals surface area contributed by atoms with E-state index in [0.29, 0.717) is 6.54 Å². The van der Waals surface area contributed by atoms with E-state index in [-0.39, 0.29) is 11.8 Å². The highest BCUT2D eigenvalue weighted by Gasteiger charge is 2.28.